The largest absolute Gasteiger partial charge is 0.462 e. The van der Waals surface area contributed by atoms with Crippen LogP contribution in [0.4, 0.5) is 0 Å². The number of hydrogen-bond acceptors (Lipinski definition) is 6. The van der Waals surface area contributed by atoms with Crippen LogP contribution in [0.2, 0.25) is 0 Å². The third kappa shape index (κ3) is 50.4. The molecule has 1 unspecified atom stereocenters. The van der Waals surface area contributed by atoms with Crippen molar-refractivity contribution in [1.29, 1.82) is 0 Å². The Morgan fingerprint density at radius 2 is 0.578 bits per heavy atom. The Kier molecular flexibility index (Phi) is 50.8. The van der Waals surface area contributed by atoms with Crippen LogP contribution in [0.25, 0.3) is 0 Å². The van der Waals surface area contributed by atoms with Crippen molar-refractivity contribution in [2.45, 2.75) is 290 Å². The van der Waals surface area contributed by atoms with E-state index in [0.717, 1.165) is 70.6 Å². The van der Waals surface area contributed by atoms with Gasteiger partial charge in [0.15, 0.2) is 6.10 Å². The average molecular weight is 897 g/mol. The van der Waals surface area contributed by atoms with Gasteiger partial charge in [-0.05, 0) is 89.9 Å². The molecule has 0 aromatic carbocycles. The van der Waals surface area contributed by atoms with Crippen LogP contribution < -0.4 is 0 Å². The zero-order chi connectivity index (χ0) is 46.5. The van der Waals surface area contributed by atoms with Crippen molar-refractivity contribution in [2.75, 3.05) is 13.2 Å². The standard InChI is InChI=1S/C58H104O6/c1-4-7-10-13-16-19-21-23-25-27-29-31-32-34-36-39-42-45-48-51-57(60)63-54-55(53-62-56(59)50-47-44-41-38-18-15-12-9-6-3)64-58(61)52-49-46-43-40-37-35-33-30-28-26-24-22-20-17-14-11-8-5-2/h26-30,33,38,41,55H,4-25,31-32,34-37,39-40,42-54H2,1-3H3/b28-26-,29-27-,33-30-,41-38-. The fraction of sp³-hybridized carbons (Fsp3) is 0.810. The average Bonchev–Trinajstić information content (AvgIpc) is 3.29. The highest BCUT2D eigenvalue weighted by molar-refractivity contribution is 5.71. The lowest BCUT2D eigenvalue weighted by atomic mass is 10.1. The van der Waals surface area contributed by atoms with Gasteiger partial charge in [-0.2, -0.15) is 0 Å². The first-order valence-corrected chi connectivity index (χ1v) is 27.7. The summed E-state index contributed by atoms with van der Waals surface area (Å²) in [7, 11) is 0. The minimum atomic E-state index is -0.792. The fourth-order valence-electron chi connectivity index (χ4n) is 7.84. The summed E-state index contributed by atoms with van der Waals surface area (Å²) in [6.07, 6.45) is 64.0. The van der Waals surface area contributed by atoms with Gasteiger partial charge in [-0.15, -0.1) is 0 Å². The van der Waals surface area contributed by atoms with E-state index in [1.807, 2.05) is 0 Å². The van der Waals surface area contributed by atoms with Crippen LogP contribution in [0.1, 0.15) is 284 Å². The molecule has 372 valence electrons. The molecule has 0 aromatic heterocycles. The van der Waals surface area contributed by atoms with Gasteiger partial charge in [0.05, 0.1) is 0 Å². The van der Waals surface area contributed by atoms with Crippen LogP contribution in [0.5, 0.6) is 0 Å². The van der Waals surface area contributed by atoms with E-state index in [-0.39, 0.29) is 31.1 Å². The SMILES string of the molecule is CCCCCC/C=C\CCCC(=O)OCC(COC(=O)CCCCCCCCC/C=C\CCCCCCCCCC)OC(=O)CCCCCCC/C=C\C=C/CCCCCCCCC. The lowest BCUT2D eigenvalue weighted by Gasteiger charge is -2.18. The minimum absolute atomic E-state index is 0.0893. The van der Waals surface area contributed by atoms with Crippen LogP contribution in [0.3, 0.4) is 0 Å². The molecule has 0 spiro atoms. The van der Waals surface area contributed by atoms with Gasteiger partial charge in [0.2, 0.25) is 0 Å². The predicted octanol–water partition coefficient (Wildman–Crippen LogP) is 18.3. The van der Waals surface area contributed by atoms with Crippen molar-refractivity contribution in [1.82, 2.24) is 0 Å². The summed E-state index contributed by atoms with van der Waals surface area (Å²) in [5.41, 5.74) is 0. The van der Waals surface area contributed by atoms with Gasteiger partial charge >= 0.3 is 17.9 Å². The number of esters is 3. The molecule has 0 aliphatic carbocycles. The highest BCUT2D eigenvalue weighted by Gasteiger charge is 2.19. The molecular weight excluding hydrogens is 793 g/mol. The van der Waals surface area contributed by atoms with Gasteiger partial charge in [0, 0.05) is 19.3 Å². The molecule has 0 aliphatic heterocycles. The Morgan fingerprint density at radius 1 is 0.312 bits per heavy atom. The number of unbranched alkanes of at least 4 members (excludes halogenated alkanes) is 32. The summed E-state index contributed by atoms with van der Waals surface area (Å²) < 4.78 is 16.8. The monoisotopic (exact) mass is 897 g/mol. The van der Waals surface area contributed by atoms with Gasteiger partial charge in [-0.25, -0.2) is 0 Å². The molecule has 1 atom stereocenters. The molecule has 0 radical (unpaired) electrons. The maximum absolute atomic E-state index is 12.8. The maximum Gasteiger partial charge on any atom is 0.306 e. The second kappa shape index (κ2) is 53.0. The van der Waals surface area contributed by atoms with Crippen LogP contribution >= 0.6 is 0 Å². The van der Waals surface area contributed by atoms with Crippen molar-refractivity contribution in [2.24, 2.45) is 0 Å². The molecule has 6 heteroatoms. The highest BCUT2D eigenvalue weighted by atomic mass is 16.6. The predicted molar refractivity (Wildman–Crippen MR) is 275 cm³/mol. The van der Waals surface area contributed by atoms with E-state index in [2.05, 4.69) is 69.4 Å². The number of hydrogen-bond donors (Lipinski definition) is 0. The molecule has 0 fully saturated rings. The van der Waals surface area contributed by atoms with Crippen molar-refractivity contribution in [3.63, 3.8) is 0 Å². The van der Waals surface area contributed by atoms with E-state index in [1.54, 1.807) is 0 Å². The van der Waals surface area contributed by atoms with Crippen molar-refractivity contribution < 1.29 is 28.6 Å². The number of allylic oxidation sites excluding steroid dienone is 8. The number of rotatable bonds is 50. The molecule has 0 heterocycles. The molecule has 0 amide bonds. The Hall–Kier alpha value is -2.63. The van der Waals surface area contributed by atoms with E-state index in [4.69, 9.17) is 14.2 Å². The normalized spacial score (nSPS) is 12.4. The topological polar surface area (TPSA) is 78.9 Å². The summed E-state index contributed by atoms with van der Waals surface area (Å²) in [5, 5.41) is 0. The number of carbonyl (C=O) groups excluding carboxylic acids is 3. The van der Waals surface area contributed by atoms with E-state index in [0.29, 0.717) is 25.7 Å². The van der Waals surface area contributed by atoms with Crippen LogP contribution in [-0.2, 0) is 28.6 Å². The van der Waals surface area contributed by atoms with Crippen molar-refractivity contribution in [3.05, 3.63) is 48.6 Å². The smallest absolute Gasteiger partial charge is 0.306 e. The molecule has 0 aromatic rings. The molecule has 0 rings (SSSR count). The fourth-order valence-corrected chi connectivity index (χ4v) is 7.84. The molecule has 64 heavy (non-hydrogen) atoms. The Morgan fingerprint density at radius 3 is 0.953 bits per heavy atom. The molecule has 0 bridgehead atoms. The lowest BCUT2D eigenvalue weighted by Crippen LogP contribution is -2.30. The summed E-state index contributed by atoms with van der Waals surface area (Å²) in [4.78, 5) is 37.9. The molecule has 0 aliphatic rings. The first kappa shape index (κ1) is 61.4. The van der Waals surface area contributed by atoms with E-state index in [9.17, 15) is 14.4 Å². The zero-order valence-electron chi connectivity index (χ0n) is 42.6. The van der Waals surface area contributed by atoms with Gasteiger partial charge < -0.3 is 14.2 Å². The first-order valence-electron chi connectivity index (χ1n) is 27.7. The van der Waals surface area contributed by atoms with Gasteiger partial charge in [-0.3, -0.25) is 14.4 Å². The van der Waals surface area contributed by atoms with Gasteiger partial charge in [0.25, 0.3) is 0 Å². The van der Waals surface area contributed by atoms with Crippen LogP contribution in [0, 0.1) is 0 Å². The Bertz CT molecular complexity index is 1120. The Balaban J connectivity index is 4.33. The lowest BCUT2D eigenvalue weighted by molar-refractivity contribution is -0.167. The van der Waals surface area contributed by atoms with E-state index in [1.165, 1.54) is 167 Å². The van der Waals surface area contributed by atoms with E-state index < -0.39 is 6.10 Å². The molecule has 0 N–H and O–H groups in total. The summed E-state index contributed by atoms with van der Waals surface area (Å²) in [6.45, 7) is 6.58. The quantitative estimate of drug-likeness (QED) is 0.0199. The highest BCUT2D eigenvalue weighted by Crippen LogP contribution is 2.15. The van der Waals surface area contributed by atoms with Crippen LogP contribution in [0.15, 0.2) is 48.6 Å². The number of carbonyl (C=O) groups is 3. The molecule has 0 saturated heterocycles. The van der Waals surface area contributed by atoms with Crippen molar-refractivity contribution >= 4 is 17.9 Å². The third-order valence-corrected chi connectivity index (χ3v) is 12.1. The van der Waals surface area contributed by atoms with Gasteiger partial charge in [-0.1, -0.05) is 223 Å². The second-order valence-electron chi connectivity index (χ2n) is 18.5. The number of ether oxygens (including phenoxy) is 3. The summed E-state index contributed by atoms with van der Waals surface area (Å²) in [6, 6.07) is 0. The van der Waals surface area contributed by atoms with E-state index >= 15 is 0 Å². The second-order valence-corrected chi connectivity index (χ2v) is 18.5. The Labute approximate surface area is 397 Å². The third-order valence-electron chi connectivity index (χ3n) is 12.1. The molecular formula is C58H104O6. The minimum Gasteiger partial charge on any atom is -0.462 e. The zero-order valence-corrected chi connectivity index (χ0v) is 42.6. The maximum atomic E-state index is 12.8. The first-order chi connectivity index (χ1) is 31.5. The van der Waals surface area contributed by atoms with Gasteiger partial charge in [0.1, 0.15) is 13.2 Å². The summed E-state index contributed by atoms with van der Waals surface area (Å²) in [5.74, 6) is -0.937. The molecule has 0 saturated carbocycles. The summed E-state index contributed by atoms with van der Waals surface area (Å²) >= 11 is 0. The van der Waals surface area contributed by atoms with Crippen molar-refractivity contribution in [3.8, 4) is 0 Å². The molecule has 6 nitrogen and oxygen atoms in total. The van der Waals surface area contributed by atoms with Crippen LogP contribution in [-0.4, -0.2) is 37.2 Å².